The molecule has 0 bridgehead atoms. The number of hydrazine groups is 1. The van der Waals surface area contributed by atoms with Crippen LogP contribution in [0.5, 0.6) is 0 Å². The van der Waals surface area contributed by atoms with E-state index in [9.17, 15) is 0 Å². The van der Waals surface area contributed by atoms with E-state index < -0.39 is 0 Å². The summed E-state index contributed by atoms with van der Waals surface area (Å²) >= 11 is 0. The van der Waals surface area contributed by atoms with Crippen LogP contribution in [0.25, 0.3) is 0 Å². The SMILES string of the molecule is CC1OCCC1(C)Nc1cncc(NN)n1. The minimum Gasteiger partial charge on any atom is -0.376 e. The third-order valence-electron chi connectivity index (χ3n) is 3.08. The molecule has 0 saturated carbocycles. The summed E-state index contributed by atoms with van der Waals surface area (Å²) in [6.45, 7) is 4.94. The van der Waals surface area contributed by atoms with Crippen LogP contribution < -0.4 is 16.6 Å². The van der Waals surface area contributed by atoms with Gasteiger partial charge in [-0.15, -0.1) is 0 Å². The van der Waals surface area contributed by atoms with Crippen molar-refractivity contribution in [3.8, 4) is 0 Å². The van der Waals surface area contributed by atoms with Gasteiger partial charge in [0.1, 0.15) is 5.82 Å². The summed E-state index contributed by atoms with van der Waals surface area (Å²) in [5.41, 5.74) is 2.38. The summed E-state index contributed by atoms with van der Waals surface area (Å²) in [4.78, 5) is 8.31. The maximum Gasteiger partial charge on any atom is 0.160 e. The highest BCUT2D eigenvalue weighted by molar-refractivity contribution is 5.43. The van der Waals surface area contributed by atoms with E-state index in [0.29, 0.717) is 11.6 Å². The molecule has 1 aromatic rings. The first-order valence-electron chi connectivity index (χ1n) is 5.32. The van der Waals surface area contributed by atoms with Gasteiger partial charge in [0.2, 0.25) is 0 Å². The third kappa shape index (κ3) is 2.07. The van der Waals surface area contributed by atoms with E-state index in [4.69, 9.17) is 10.6 Å². The van der Waals surface area contributed by atoms with Crippen molar-refractivity contribution in [2.75, 3.05) is 17.3 Å². The van der Waals surface area contributed by atoms with Crippen LogP contribution in [0.1, 0.15) is 20.3 Å². The van der Waals surface area contributed by atoms with Gasteiger partial charge in [-0.05, 0) is 20.3 Å². The second kappa shape index (κ2) is 4.23. The van der Waals surface area contributed by atoms with Crippen LogP contribution in [-0.2, 0) is 4.74 Å². The van der Waals surface area contributed by atoms with Gasteiger partial charge >= 0.3 is 0 Å². The van der Waals surface area contributed by atoms with Crippen LogP contribution in [0.4, 0.5) is 11.6 Å². The first-order valence-corrected chi connectivity index (χ1v) is 5.32. The molecular formula is C10H17N5O. The van der Waals surface area contributed by atoms with Crippen LogP contribution in [-0.4, -0.2) is 28.2 Å². The number of hydrogen-bond acceptors (Lipinski definition) is 6. The lowest BCUT2D eigenvalue weighted by atomic mass is 9.95. The number of nitrogens with one attached hydrogen (secondary N) is 2. The number of hydrogen-bond donors (Lipinski definition) is 3. The summed E-state index contributed by atoms with van der Waals surface area (Å²) in [6.07, 6.45) is 4.36. The Bertz CT molecular complexity index is 372. The molecule has 2 atom stereocenters. The minimum absolute atomic E-state index is 0.0953. The lowest BCUT2D eigenvalue weighted by Gasteiger charge is -2.29. The summed E-state index contributed by atoms with van der Waals surface area (Å²) in [6, 6.07) is 0. The Labute approximate surface area is 94.6 Å². The number of anilines is 2. The van der Waals surface area contributed by atoms with Crippen LogP contribution >= 0.6 is 0 Å². The van der Waals surface area contributed by atoms with E-state index in [1.54, 1.807) is 12.4 Å². The number of ether oxygens (including phenoxy) is 1. The fourth-order valence-corrected chi connectivity index (χ4v) is 1.79. The van der Waals surface area contributed by atoms with Crippen molar-refractivity contribution in [3.63, 3.8) is 0 Å². The van der Waals surface area contributed by atoms with Gasteiger partial charge in [0.25, 0.3) is 0 Å². The lowest BCUT2D eigenvalue weighted by molar-refractivity contribution is 0.105. The molecule has 6 nitrogen and oxygen atoms in total. The molecule has 1 aromatic heterocycles. The molecule has 2 rings (SSSR count). The molecule has 1 aliphatic rings. The van der Waals surface area contributed by atoms with Gasteiger partial charge in [0.15, 0.2) is 5.82 Å². The van der Waals surface area contributed by atoms with Gasteiger partial charge in [-0.25, -0.2) is 10.8 Å². The van der Waals surface area contributed by atoms with Crippen LogP contribution in [0, 0.1) is 0 Å². The van der Waals surface area contributed by atoms with Crippen molar-refractivity contribution < 1.29 is 4.74 Å². The predicted molar refractivity (Wildman–Crippen MR) is 61.9 cm³/mol. The molecule has 0 aliphatic carbocycles. The molecular weight excluding hydrogens is 206 g/mol. The molecule has 1 saturated heterocycles. The molecule has 0 aromatic carbocycles. The number of nitrogens with two attached hydrogens (primary N) is 1. The summed E-state index contributed by atoms with van der Waals surface area (Å²) in [7, 11) is 0. The van der Waals surface area contributed by atoms with E-state index >= 15 is 0 Å². The molecule has 1 aliphatic heterocycles. The zero-order chi connectivity index (χ0) is 11.6. The molecule has 4 N–H and O–H groups in total. The second-order valence-corrected chi connectivity index (χ2v) is 4.24. The van der Waals surface area contributed by atoms with E-state index in [1.807, 2.05) is 0 Å². The second-order valence-electron chi connectivity index (χ2n) is 4.24. The Hall–Kier alpha value is -1.40. The molecule has 0 spiro atoms. The fourth-order valence-electron chi connectivity index (χ4n) is 1.79. The monoisotopic (exact) mass is 223 g/mol. The fraction of sp³-hybridized carbons (Fsp3) is 0.600. The highest BCUT2D eigenvalue weighted by Crippen LogP contribution is 2.28. The molecule has 1 fully saturated rings. The highest BCUT2D eigenvalue weighted by Gasteiger charge is 2.37. The molecule has 6 heteroatoms. The summed E-state index contributed by atoms with van der Waals surface area (Å²) in [5.74, 6) is 6.53. The minimum atomic E-state index is -0.0953. The Morgan fingerprint density at radius 2 is 2.25 bits per heavy atom. The van der Waals surface area contributed by atoms with Crippen molar-refractivity contribution >= 4 is 11.6 Å². The maximum atomic E-state index is 5.55. The molecule has 0 amide bonds. The average molecular weight is 223 g/mol. The first-order chi connectivity index (χ1) is 7.64. The van der Waals surface area contributed by atoms with Crippen LogP contribution in [0.15, 0.2) is 12.4 Å². The molecule has 16 heavy (non-hydrogen) atoms. The van der Waals surface area contributed by atoms with Crippen LogP contribution in [0.2, 0.25) is 0 Å². The zero-order valence-corrected chi connectivity index (χ0v) is 9.53. The quantitative estimate of drug-likeness (QED) is 0.517. The lowest BCUT2D eigenvalue weighted by Crippen LogP contribution is -2.41. The summed E-state index contributed by atoms with van der Waals surface area (Å²) < 4.78 is 5.55. The number of rotatable bonds is 3. The Morgan fingerprint density at radius 1 is 1.50 bits per heavy atom. The predicted octanol–water partition coefficient (Wildman–Crippen LogP) is 0.742. The number of nitrogens with zero attached hydrogens (tertiary/aromatic N) is 2. The molecule has 0 radical (unpaired) electrons. The van der Waals surface area contributed by atoms with Crippen molar-refractivity contribution in [3.05, 3.63) is 12.4 Å². The van der Waals surface area contributed by atoms with Gasteiger partial charge in [0.05, 0.1) is 24.0 Å². The van der Waals surface area contributed by atoms with Crippen molar-refractivity contribution in [2.45, 2.75) is 31.9 Å². The first kappa shape index (κ1) is 11.1. The van der Waals surface area contributed by atoms with E-state index in [-0.39, 0.29) is 11.6 Å². The van der Waals surface area contributed by atoms with E-state index in [0.717, 1.165) is 13.0 Å². The van der Waals surface area contributed by atoms with Crippen LogP contribution in [0.3, 0.4) is 0 Å². The molecule has 88 valence electrons. The Morgan fingerprint density at radius 3 is 2.88 bits per heavy atom. The van der Waals surface area contributed by atoms with Crippen molar-refractivity contribution in [1.82, 2.24) is 9.97 Å². The standard InChI is InChI=1S/C10H17N5O/c1-7-10(2,3-4-16-7)14-8-5-12-6-9(13-8)15-11/h5-7H,3-4,11H2,1-2H3,(H2,13,14,15). The van der Waals surface area contributed by atoms with Crippen molar-refractivity contribution in [2.24, 2.45) is 5.84 Å². The van der Waals surface area contributed by atoms with Gasteiger partial charge < -0.3 is 15.5 Å². The Kier molecular flexibility index (Phi) is 2.93. The summed E-state index contributed by atoms with van der Waals surface area (Å²) in [5, 5.41) is 3.35. The smallest absolute Gasteiger partial charge is 0.160 e. The average Bonchev–Trinajstić information content (AvgIpc) is 2.59. The maximum absolute atomic E-state index is 5.55. The van der Waals surface area contributed by atoms with Crippen molar-refractivity contribution in [1.29, 1.82) is 0 Å². The zero-order valence-electron chi connectivity index (χ0n) is 9.53. The Balaban J connectivity index is 2.13. The topological polar surface area (TPSA) is 85.1 Å². The van der Waals surface area contributed by atoms with Gasteiger partial charge in [-0.1, -0.05) is 0 Å². The normalized spacial score (nSPS) is 29.1. The number of nitrogen functional groups attached to an aromatic ring is 1. The largest absolute Gasteiger partial charge is 0.376 e. The van der Waals surface area contributed by atoms with Gasteiger partial charge in [-0.3, -0.25) is 4.98 Å². The van der Waals surface area contributed by atoms with Gasteiger partial charge in [0, 0.05) is 6.61 Å². The molecule has 2 heterocycles. The molecule has 2 unspecified atom stereocenters. The van der Waals surface area contributed by atoms with E-state index in [1.165, 1.54) is 0 Å². The third-order valence-corrected chi connectivity index (χ3v) is 3.08. The number of aromatic nitrogens is 2. The van der Waals surface area contributed by atoms with Gasteiger partial charge in [-0.2, -0.15) is 0 Å². The van der Waals surface area contributed by atoms with E-state index in [2.05, 4.69) is 34.6 Å². The highest BCUT2D eigenvalue weighted by atomic mass is 16.5.